The van der Waals surface area contributed by atoms with Crippen molar-refractivity contribution in [3.8, 4) is 0 Å². The van der Waals surface area contributed by atoms with E-state index in [0.29, 0.717) is 31.2 Å². The van der Waals surface area contributed by atoms with Crippen molar-refractivity contribution in [3.05, 3.63) is 38.9 Å². The highest BCUT2D eigenvalue weighted by atomic mass is 35.5. The molecule has 1 aromatic rings. The molecule has 1 saturated heterocycles. The van der Waals surface area contributed by atoms with Crippen molar-refractivity contribution in [1.82, 2.24) is 4.90 Å². The average Bonchev–Trinajstić information content (AvgIpc) is 2.86. The van der Waals surface area contributed by atoms with Crippen molar-refractivity contribution in [3.63, 3.8) is 0 Å². The molecule has 7 heteroatoms. The topological polar surface area (TPSA) is 72.7 Å². The van der Waals surface area contributed by atoms with Crippen LogP contribution in [-0.2, 0) is 4.74 Å². The molecule has 108 valence electrons. The first-order valence-corrected chi connectivity index (χ1v) is 6.63. The number of hydrogen-bond acceptors (Lipinski definition) is 4. The van der Waals surface area contributed by atoms with Crippen LogP contribution in [0.3, 0.4) is 0 Å². The Morgan fingerprint density at radius 1 is 1.60 bits per heavy atom. The van der Waals surface area contributed by atoms with Gasteiger partial charge in [-0.05, 0) is 18.6 Å². The van der Waals surface area contributed by atoms with E-state index in [2.05, 4.69) is 0 Å². The Balaban J connectivity index is 2.10. The maximum atomic E-state index is 12.3. The fourth-order valence-corrected chi connectivity index (χ4v) is 2.61. The summed E-state index contributed by atoms with van der Waals surface area (Å²) in [6.07, 6.45) is 0.903. The number of carbonyl (C=O) groups is 1. The third kappa shape index (κ3) is 3.08. The lowest BCUT2D eigenvalue weighted by Gasteiger charge is -2.16. The van der Waals surface area contributed by atoms with E-state index in [9.17, 15) is 14.9 Å². The summed E-state index contributed by atoms with van der Waals surface area (Å²) in [6, 6.07) is 4.06. The van der Waals surface area contributed by atoms with E-state index in [1.54, 1.807) is 12.0 Å². The van der Waals surface area contributed by atoms with Gasteiger partial charge < -0.3 is 9.64 Å². The molecule has 0 saturated carbocycles. The van der Waals surface area contributed by atoms with Crippen molar-refractivity contribution in [2.45, 2.75) is 6.42 Å². The molecule has 1 atom stereocenters. The molecule has 0 bridgehead atoms. The molecular formula is C13H15ClN2O4. The van der Waals surface area contributed by atoms with Gasteiger partial charge in [-0.15, -0.1) is 0 Å². The minimum absolute atomic E-state index is 0.0199. The molecule has 1 amide bonds. The molecule has 1 unspecified atom stereocenters. The van der Waals surface area contributed by atoms with Gasteiger partial charge in [0.15, 0.2) is 0 Å². The largest absolute Gasteiger partial charge is 0.384 e. The standard InChI is InChI=1S/C13H15ClN2O4/c1-20-8-9-4-5-15(7-9)13(17)10-2-3-12(16(18)19)11(14)6-10/h2-3,6,9H,4-5,7-8H2,1H3. The van der Waals surface area contributed by atoms with Crippen molar-refractivity contribution in [2.75, 3.05) is 26.8 Å². The number of rotatable bonds is 4. The number of nitrogens with zero attached hydrogens (tertiary/aromatic N) is 2. The minimum atomic E-state index is -0.568. The number of benzene rings is 1. The Kier molecular flexibility index (Phi) is 4.57. The van der Waals surface area contributed by atoms with Gasteiger partial charge in [0.05, 0.1) is 11.5 Å². The third-order valence-corrected chi connectivity index (χ3v) is 3.67. The molecule has 6 nitrogen and oxygen atoms in total. The zero-order chi connectivity index (χ0) is 14.7. The monoisotopic (exact) mass is 298 g/mol. The van der Waals surface area contributed by atoms with Gasteiger partial charge in [0.25, 0.3) is 11.6 Å². The van der Waals surface area contributed by atoms with Crippen LogP contribution >= 0.6 is 11.6 Å². The summed E-state index contributed by atoms with van der Waals surface area (Å²) in [5, 5.41) is 10.7. The summed E-state index contributed by atoms with van der Waals surface area (Å²) >= 11 is 5.82. The quantitative estimate of drug-likeness (QED) is 0.632. The lowest BCUT2D eigenvalue weighted by atomic mass is 10.1. The van der Waals surface area contributed by atoms with Crippen molar-refractivity contribution in [1.29, 1.82) is 0 Å². The molecule has 1 aliphatic heterocycles. The summed E-state index contributed by atoms with van der Waals surface area (Å²) in [5.74, 6) is 0.192. The number of likely N-dealkylation sites (tertiary alicyclic amines) is 1. The molecule has 1 heterocycles. The zero-order valence-corrected chi connectivity index (χ0v) is 11.8. The molecule has 1 aliphatic rings. The number of carbonyl (C=O) groups excluding carboxylic acids is 1. The van der Waals surface area contributed by atoms with E-state index < -0.39 is 4.92 Å². The Morgan fingerprint density at radius 2 is 2.35 bits per heavy atom. The summed E-state index contributed by atoms with van der Waals surface area (Å²) in [7, 11) is 1.64. The summed E-state index contributed by atoms with van der Waals surface area (Å²) in [5.41, 5.74) is 0.181. The highest BCUT2D eigenvalue weighted by Crippen LogP contribution is 2.26. The fraction of sp³-hybridized carbons (Fsp3) is 0.462. The first-order valence-electron chi connectivity index (χ1n) is 6.25. The van der Waals surface area contributed by atoms with Gasteiger partial charge in [0.2, 0.25) is 0 Å². The van der Waals surface area contributed by atoms with Gasteiger partial charge in [-0.2, -0.15) is 0 Å². The predicted octanol–water partition coefficient (Wildman–Crippen LogP) is 2.36. The minimum Gasteiger partial charge on any atom is -0.384 e. The SMILES string of the molecule is COCC1CCN(C(=O)c2ccc([N+](=O)[O-])c(Cl)c2)C1. The number of halogens is 1. The number of methoxy groups -OCH3 is 1. The van der Waals surface area contributed by atoms with Crippen LogP contribution in [0.15, 0.2) is 18.2 Å². The molecule has 1 fully saturated rings. The van der Waals surface area contributed by atoms with E-state index in [4.69, 9.17) is 16.3 Å². The molecule has 2 rings (SSSR count). The number of nitro groups is 1. The Hall–Kier alpha value is -1.66. The van der Waals surface area contributed by atoms with Crippen LogP contribution in [-0.4, -0.2) is 42.5 Å². The maximum absolute atomic E-state index is 12.3. The van der Waals surface area contributed by atoms with Crippen LogP contribution in [0.1, 0.15) is 16.8 Å². The second kappa shape index (κ2) is 6.19. The summed E-state index contributed by atoms with van der Waals surface area (Å²) in [6.45, 7) is 1.94. The Morgan fingerprint density at radius 3 is 2.95 bits per heavy atom. The van der Waals surface area contributed by atoms with Crippen molar-refractivity contribution >= 4 is 23.2 Å². The van der Waals surface area contributed by atoms with Crippen molar-refractivity contribution < 1.29 is 14.5 Å². The van der Waals surface area contributed by atoms with E-state index >= 15 is 0 Å². The Bertz CT molecular complexity index is 535. The molecule has 0 N–H and O–H groups in total. The molecule has 20 heavy (non-hydrogen) atoms. The van der Waals surface area contributed by atoms with Crippen LogP contribution in [0.2, 0.25) is 5.02 Å². The van der Waals surface area contributed by atoms with Gasteiger partial charge in [0.1, 0.15) is 5.02 Å². The van der Waals surface area contributed by atoms with Gasteiger partial charge in [-0.3, -0.25) is 14.9 Å². The normalized spacial score (nSPS) is 18.3. The molecule has 0 spiro atoms. The van der Waals surface area contributed by atoms with E-state index in [-0.39, 0.29) is 16.6 Å². The van der Waals surface area contributed by atoms with Gasteiger partial charge >= 0.3 is 0 Å². The molecular weight excluding hydrogens is 284 g/mol. The van der Waals surface area contributed by atoms with Gasteiger partial charge in [-0.25, -0.2) is 0 Å². The van der Waals surface area contributed by atoms with Gasteiger partial charge in [0, 0.05) is 37.7 Å². The number of ether oxygens (including phenoxy) is 1. The number of amides is 1. The fourth-order valence-electron chi connectivity index (χ4n) is 2.36. The zero-order valence-electron chi connectivity index (χ0n) is 11.0. The van der Waals surface area contributed by atoms with E-state index in [0.717, 1.165) is 6.42 Å². The van der Waals surface area contributed by atoms with Crippen LogP contribution < -0.4 is 0 Å². The first-order chi connectivity index (χ1) is 9.52. The second-order valence-corrected chi connectivity index (χ2v) is 5.19. The summed E-state index contributed by atoms with van der Waals surface area (Å²) in [4.78, 5) is 24.1. The molecule has 0 radical (unpaired) electrons. The average molecular weight is 299 g/mol. The van der Waals surface area contributed by atoms with Crippen LogP contribution in [0.4, 0.5) is 5.69 Å². The van der Waals surface area contributed by atoms with Crippen LogP contribution in [0, 0.1) is 16.0 Å². The smallest absolute Gasteiger partial charge is 0.287 e. The second-order valence-electron chi connectivity index (χ2n) is 4.78. The highest BCUT2D eigenvalue weighted by molar-refractivity contribution is 6.33. The van der Waals surface area contributed by atoms with E-state index in [1.165, 1.54) is 18.2 Å². The number of nitro benzene ring substituents is 1. The molecule has 0 aromatic heterocycles. The number of hydrogen-bond donors (Lipinski definition) is 0. The Labute approximate surface area is 121 Å². The highest BCUT2D eigenvalue weighted by Gasteiger charge is 2.27. The maximum Gasteiger partial charge on any atom is 0.287 e. The first kappa shape index (κ1) is 14.7. The lowest BCUT2D eigenvalue weighted by molar-refractivity contribution is -0.384. The summed E-state index contributed by atoms with van der Waals surface area (Å²) < 4.78 is 5.09. The van der Waals surface area contributed by atoms with Crippen LogP contribution in [0.25, 0.3) is 0 Å². The lowest BCUT2D eigenvalue weighted by Crippen LogP contribution is -2.29. The van der Waals surface area contributed by atoms with E-state index in [1.807, 2.05) is 0 Å². The predicted molar refractivity (Wildman–Crippen MR) is 74.0 cm³/mol. The molecule has 0 aliphatic carbocycles. The third-order valence-electron chi connectivity index (χ3n) is 3.37. The van der Waals surface area contributed by atoms with Crippen LogP contribution in [0.5, 0.6) is 0 Å². The molecule has 1 aromatic carbocycles. The van der Waals surface area contributed by atoms with Gasteiger partial charge in [-0.1, -0.05) is 11.6 Å². The van der Waals surface area contributed by atoms with Crippen molar-refractivity contribution in [2.24, 2.45) is 5.92 Å².